The van der Waals surface area contributed by atoms with Gasteiger partial charge in [-0.15, -0.1) is 0 Å². The Balaban J connectivity index is 2.02. The maximum atomic E-state index is 6.24. The van der Waals surface area contributed by atoms with Gasteiger partial charge in [0, 0.05) is 30.5 Å². The van der Waals surface area contributed by atoms with Gasteiger partial charge in [0.25, 0.3) is 0 Å². The molecule has 2 unspecified atom stereocenters. The molecule has 0 aromatic carbocycles. The summed E-state index contributed by atoms with van der Waals surface area (Å²) >= 11 is 0. The number of hydrogen-bond donors (Lipinski definition) is 1. The van der Waals surface area contributed by atoms with Crippen LogP contribution in [-0.2, 0) is 11.2 Å². The quantitative estimate of drug-likeness (QED) is 0.795. The van der Waals surface area contributed by atoms with E-state index in [1.165, 1.54) is 17.7 Å². The second-order valence-electron chi connectivity index (χ2n) is 4.79. The van der Waals surface area contributed by atoms with Gasteiger partial charge in [0.15, 0.2) is 0 Å². The number of nitrogens with two attached hydrogens (primary N) is 1. The van der Waals surface area contributed by atoms with Crippen molar-refractivity contribution < 1.29 is 4.74 Å². The summed E-state index contributed by atoms with van der Waals surface area (Å²) in [6.07, 6.45) is 6.41. The molecule has 1 aromatic rings. The molecule has 2 rings (SSSR count). The maximum Gasteiger partial charge on any atom is 0.0624 e. The fourth-order valence-electron chi connectivity index (χ4n) is 2.54. The first-order valence-electron chi connectivity index (χ1n) is 6.60. The van der Waals surface area contributed by atoms with Crippen LogP contribution >= 0.6 is 0 Å². The molecular formula is C14H22N2O. The van der Waals surface area contributed by atoms with Gasteiger partial charge >= 0.3 is 0 Å². The second kappa shape index (κ2) is 6.12. The van der Waals surface area contributed by atoms with Gasteiger partial charge in [-0.05, 0) is 37.3 Å². The number of hydrogen-bond acceptors (Lipinski definition) is 3. The Bertz CT molecular complexity index is 354. The summed E-state index contributed by atoms with van der Waals surface area (Å²) in [4.78, 5) is 4.51. The number of aromatic nitrogens is 1. The molecule has 0 bridgehead atoms. The van der Waals surface area contributed by atoms with E-state index in [2.05, 4.69) is 18.0 Å². The third-order valence-electron chi connectivity index (χ3n) is 3.41. The third kappa shape index (κ3) is 3.05. The molecule has 1 aliphatic carbocycles. The van der Waals surface area contributed by atoms with Crippen molar-refractivity contribution in [1.29, 1.82) is 0 Å². The Morgan fingerprint density at radius 3 is 3.29 bits per heavy atom. The van der Waals surface area contributed by atoms with Crippen molar-refractivity contribution in [2.45, 2.75) is 44.6 Å². The summed E-state index contributed by atoms with van der Waals surface area (Å²) in [7, 11) is 0. The number of fused-ring (bicyclic) bond motifs is 1. The molecule has 3 nitrogen and oxygen atoms in total. The lowest BCUT2D eigenvalue weighted by molar-refractivity contribution is 0.112. The Morgan fingerprint density at radius 2 is 2.47 bits per heavy atom. The normalized spacial score (nSPS) is 20.9. The van der Waals surface area contributed by atoms with E-state index < -0.39 is 0 Å². The van der Waals surface area contributed by atoms with E-state index in [0.717, 1.165) is 25.9 Å². The first kappa shape index (κ1) is 12.5. The molecule has 0 saturated carbocycles. The Kier molecular flexibility index (Phi) is 4.51. The monoisotopic (exact) mass is 234 g/mol. The zero-order valence-corrected chi connectivity index (χ0v) is 10.6. The fraction of sp³-hybridized carbons (Fsp3) is 0.643. The van der Waals surface area contributed by atoms with Crippen LogP contribution in [0.2, 0.25) is 0 Å². The van der Waals surface area contributed by atoms with Crippen molar-refractivity contribution in [3.63, 3.8) is 0 Å². The lowest BCUT2D eigenvalue weighted by Gasteiger charge is -2.28. The predicted octanol–water partition coefficient (Wildman–Crippen LogP) is 2.26. The van der Waals surface area contributed by atoms with E-state index in [1.54, 1.807) is 0 Å². The van der Waals surface area contributed by atoms with Crippen LogP contribution in [-0.4, -0.2) is 24.2 Å². The second-order valence-corrected chi connectivity index (χ2v) is 4.79. The number of pyridine rings is 1. The van der Waals surface area contributed by atoms with E-state index in [9.17, 15) is 0 Å². The van der Waals surface area contributed by atoms with Gasteiger partial charge in [-0.2, -0.15) is 0 Å². The number of aryl methyl sites for hydroxylation is 1. The van der Waals surface area contributed by atoms with E-state index in [1.807, 2.05) is 12.3 Å². The average molecular weight is 234 g/mol. The van der Waals surface area contributed by atoms with Crippen LogP contribution in [0.3, 0.4) is 0 Å². The summed E-state index contributed by atoms with van der Waals surface area (Å²) in [5.41, 5.74) is 8.81. The topological polar surface area (TPSA) is 48.1 Å². The van der Waals surface area contributed by atoms with Crippen LogP contribution in [0.15, 0.2) is 18.3 Å². The molecule has 1 aromatic heterocycles. The van der Waals surface area contributed by atoms with Gasteiger partial charge in [-0.3, -0.25) is 4.98 Å². The van der Waals surface area contributed by atoms with Gasteiger partial charge in [-0.1, -0.05) is 13.0 Å². The van der Waals surface area contributed by atoms with E-state index >= 15 is 0 Å². The van der Waals surface area contributed by atoms with Crippen LogP contribution in [0, 0.1) is 0 Å². The zero-order chi connectivity index (χ0) is 12.1. The average Bonchev–Trinajstić information content (AvgIpc) is 2.38. The highest BCUT2D eigenvalue weighted by Crippen LogP contribution is 2.31. The molecule has 0 spiro atoms. The summed E-state index contributed by atoms with van der Waals surface area (Å²) in [5, 5.41) is 0. The summed E-state index contributed by atoms with van der Waals surface area (Å²) in [6, 6.07) is 4.27. The lowest BCUT2D eigenvalue weighted by Crippen LogP contribution is -2.35. The SMILES string of the molecule is CCCOCC(N)C1CCCc2cccnc21. The Labute approximate surface area is 103 Å². The van der Waals surface area contributed by atoms with Crippen molar-refractivity contribution in [1.82, 2.24) is 4.98 Å². The molecular weight excluding hydrogens is 212 g/mol. The molecule has 0 saturated heterocycles. The molecule has 0 fully saturated rings. The first-order valence-corrected chi connectivity index (χ1v) is 6.60. The van der Waals surface area contributed by atoms with Crippen LogP contribution in [0.1, 0.15) is 43.4 Å². The van der Waals surface area contributed by atoms with E-state index in [-0.39, 0.29) is 6.04 Å². The third-order valence-corrected chi connectivity index (χ3v) is 3.41. The van der Waals surface area contributed by atoms with Gasteiger partial charge in [-0.25, -0.2) is 0 Å². The van der Waals surface area contributed by atoms with Crippen molar-refractivity contribution in [2.75, 3.05) is 13.2 Å². The molecule has 3 heteroatoms. The largest absolute Gasteiger partial charge is 0.380 e. The first-order chi connectivity index (χ1) is 8.33. The predicted molar refractivity (Wildman–Crippen MR) is 69.0 cm³/mol. The molecule has 0 radical (unpaired) electrons. The maximum absolute atomic E-state index is 6.24. The minimum Gasteiger partial charge on any atom is -0.380 e. The highest BCUT2D eigenvalue weighted by Gasteiger charge is 2.26. The number of ether oxygens (including phenoxy) is 1. The molecule has 94 valence electrons. The molecule has 0 aliphatic heterocycles. The molecule has 1 heterocycles. The van der Waals surface area contributed by atoms with Crippen molar-refractivity contribution in [3.05, 3.63) is 29.6 Å². The smallest absolute Gasteiger partial charge is 0.0624 e. The van der Waals surface area contributed by atoms with Gasteiger partial charge in [0.2, 0.25) is 0 Å². The molecule has 0 amide bonds. The Hall–Kier alpha value is -0.930. The Morgan fingerprint density at radius 1 is 1.59 bits per heavy atom. The minimum absolute atomic E-state index is 0.0792. The molecule has 2 atom stereocenters. The van der Waals surface area contributed by atoms with Crippen LogP contribution < -0.4 is 5.73 Å². The van der Waals surface area contributed by atoms with Crippen molar-refractivity contribution >= 4 is 0 Å². The highest BCUT2D eigenvalue weighted by molar-refractivity contribution is 5.27. The van der Waals surface area contributed by atoms with Crippen LogP contribution in [0.4, 0.5) is 0 Å². The molecule has 17 heavy (non-hydrogen) atoms. The summed E-state index contributed by atoms with van der Waals surface area (Å²) < 4.78 is 5.56. The van der Waals surface area contributed by atoms with Gasteiger partial charge in [0.05, 0.1) is 6.61 Å². The summed E-state index contributed by atoms with van der Waals surface area (Å²) in [5.74, 6) is 0.372. The van der Waals surface area contributed by atoms with Crippen molar-refractivity contribution in [3.8, 4) is 0 Å². The molecule has 1 aliphatic rings. The number of rotatable bonds is 5. The molecule has 2 N–H and O–H groups in total. The van der Waals surface area contributed by atoms with E-state index in [4.69, 9.17) is 10.5 Å². The van der Waals surface area contributed by atoms with Gasteiger partial charge < -0.3 is 10.5 Å². The van der Waals surface area contributed by atoms with Crippen LogP contribution in [0.5, 0.6) is 0 Å². The van der Waals surface area contributed by atoms with Gasteiger partial charge in [0.1, 0.15) is 0 Å². The standard InChI is InChI=1S/C14H22N2O/c1-2-9-17-10-13(15)12-7-3-5-11-6-4-8-16-14(11)12/h4,6,8,12-13H,2-3,5,7,9-10,15H2,1H3. The van der Waals surface area contributed by atoms with Crippen molar-refractivity contribution in [2.24, 2.45) is 5.73 Å². The minimum atomic E-state index is 0.0792. The van der Waals surface area contributed by atoms with Crippen LogP contribution in [0.25, 0.3) is 0 Å². The summed E-state index contributed by atoms with van der Waals surface area (Å²) in [6.45, 7) is 3.56. The fourth-order valence-corrected chi connectivity index (χ4v) is 2.54. The number of nitrogens with zero attached hydrogens (tertiary/aromatic N) is 1. The highest BCUT2D eigenvalue weighted by atomic mass is 16.5. The zero-order valence-electron chi connectivity index (χ0n) is 10.6. The lowest BCUT2D eigenvalue weighted by atomic mass is 9.82. The van der Waals surface area contributed by atoms with E-state index in [0.29, 0.717) is 12.5 Å².